The van der Waals surface area contributed by atoms with Crippen molar-refractivity contribution in [1.29, 1.82) is 0 Å². The van der Waals surface area contributed by atoms with Crippen molar-refractivity contribution in [1.82, 2.24) is 0 Å². The van der Waals surface area contributed by atoms with Gasteiger partial charge in [0.1, 0.15) is 17.5 Å². The maximum Gasteiger partial charge on any atom is 0.129 e. The number of rotatable bonds is 3. The fourth-order valence-corrected chi connectivity index (χ4v) is 1.78. The second-order valence-electron chi connectivity index (χ2n) is 4.10. The van der Waals surface area contributed by atoms with E-state index < -0.39 is 17.7 Å². The van der Waals surface area contributed by atoms with Crippen LogP contribution in [0.3, 0.4) is 0 Å². The Balaban J connectivity index is 2.18. The van der Waals surface area contributed by atoms with Gasteiger partial charge >= 0.3 is 0 Å². The Morgan fingerprint density at radius 1 is 0.944 bits per heavy atom. The molecule has 0 aliphatic rings. The normalized spacial score (nSPS) is 12.4. The molecule has 0 spiro atoms. The Bertz CT molecular complexity index is 554. The Labute approximate surface area is 103 Å². The van der Waals surface area contributed by atoms with E-state index in [1.807, 2.05) is 0 Å². The minimum absolute atomic E-state index is 0.190. The van der Waals surface area contributed by atoms with Gasteiger partial charge in [0.25, 0.3) is 0 Å². The zero-order valence-corrected chi connectivity index (χ0v) is 9.54. The van der Waals surface area contributed by atoms with E-state index >= 15 is 0 Å². The van der Waals surface area contributed by atoms with Gasteiger partial charge in [-0.15, -0.1) is 0 Å². The Morgan fingerprint density at radius 3 is 2.33 bits per heavy atom. The summed E-state index contributed by atoms with van der Waals surface area (Å²) in [5, 5.41) is 0. The zero-order chi connectivity index (χ0) is 13.1. The van der Waals surface area contributed by atoms with Gasteiger partial charge in [0.2, 0.25) is 0 Å². The van der Waals surface area contributed by atoms with Crippen LogP contribution in [0.2, 0.25) is 0 Å². The molecule has 0 bridgehead atoms. The Morgan fingerprint density at radius 2 is 1.67 bits per heavy atom. The monoisotopic (exact) mass is 251 g/mol. The van der Waals surface area contributed by atoms with Crippen molar-refractivity contribution in [3.8, 4) is 0 Å². The summed E-state index contributed by atoms with van der Waals surface area (Å²) in [7, 11) is 0. The predicted molar refractivity (Wildman–Crippen MR) is 63.4 cm³/mol. The van der Waals surface area contributed by atoms with Crippen molar-refractivity contribution >= 4 is 0 Å². The molecule has 2 rings (SSSR count). The van der Waals surface area contributed by atoms with Crippen LogP contribution in [-0.4, -0.2) is 0 Å². The summed E-state index contributed by atoms with van der Waals surface area (Å²) in [5.41, 5.74) is 6.77. The molecule has 0 saturated heterocycles. The lowest BCUT2D eigenvalue weighted by molar-refractivity contribution is 0.562. The highest BCUT2D eigenvalue weighted by molar-refractivity contribution is 5.25. The number of benzene rings is 2. The highest BCUT2D eigenvalue weighted by Gasteiger charge is 2.11. The second-order valence-corrected chi connectivity index (χ2v) is 4.10. The van der Waals surface area contributed by atoms with E-state index in [2.05, 4.69) is 0 Å². The first-order chi connectivity index (χ1) is 8.56. The largest absolute Gasteiger partial charge is 0.324 e. The molecular weight excluding hydrogens is 239 g/mol. The first-order valence-electron chi connectivity index (χ1n) is 5.51. The molecule has 1 unspecified atom stereocenters. The third kappa shape index (κ3) is 2.90. The maximum absolute atomic E-state index is 13.4. The average Bonchev–Trinajstić information content (AvgIpc) is 2.32. The Hall–Kier alpha value is -1.81. The SMILES string of the molecule is NC(Cc1ccc(F)cc1F)c1cccc(F)c1. The second kappa shape index (κ2) is 5.23. The fourth-order valence-electron chi connectivity index (χ4n) is 1.78. The van der Waals surface area contributed by atoms with Crippen LogP contribution >= 0.6 is 0 Å². The van der Waals surface area contributed by atoms with Gasteiger partial charge in [-0.3, -0.25) is 0 Å². The lowest BCUT2D eigenvalue weighted by Gasteiger charge is -2.12. The summed E-state index contributed by atoms with van der Waals surface area (Å²) < 4.78 is 39.2. The highest BCUT2D eigenvalue weighted by Crippen LogP contribution is 2.19. The van der Waals surface area contributed by atoms with Crippen LogP contribution in [0.15, 0.2) is 42.5 Å². The standard InChI is InChI=1S/C14H12F3N/c15-11-3-1-2-10(6-11)14(18)7-9-4-5-12(16)8-13(9)17/h1-6,8,14H,7,18H2. The van der Waals surface area contributed by atoms with Gasteiger partial charge in [-0.2, -0.15) is 0 Å². The van der Waals surface area contributed by atoms with E-state index in [1.54, 1.807) is 12.1 Å². The summed E-state index contributed by atoms with van der Waals surface area (Å²) in [6, 6.07) is 8.66. The number of hydrogen-bond acceptors (Lipinski definition) is 1. The molecule has 0 saturated carbocycles. The molecule has 2 N–H and O–H groups in total. The molecule has 0 aromatic heterocycles. The van der Waals surface area contributed by atoms with Crippen LogP contribution < -0.4 is 5.73 Å². The van der Waals surface area contributed by atoms with E-state index in [0.717, 1.165) is 6.07 Å². The number of nitrogens with two attached hydrogens (primary N) is 1. The van der Waals surface area contributed by atoms with Crippen molar-refractivity contribution < 1.29 is 13.2 Å². The molecule has 1 nitrogen and oxygen atoms in total. The third-order valence-corrected chi connectivity index (χ3v) is 2.73. The molecule has 0 heterocycles. The van der Waals surface area contributed by atoms with Crippen LogP contribution in [0.25, 0.3) is 0 Å². The summed E-state index contributed by atoms with van der Waals surface area (Å²) in [4.78, 5) is 0. The molecular formula is C14H12F3N. The smallest absolute Gasteiger partial charge is 0.129 e. The molecule has 0 amide bonds. The van der Waals surface area contributed by atoms with Crippen LogP contribution in [-0.2, 0) is 6.42 Å². The molecule has 0 aliphatic heterocycles. The van der Waals surface area contributed by atoms with E-state index in [9.17, 15) is 13.2 Å². The summed E-state index contributed by atoms with van der Waals surface area (Å²) >= 11 is 0. The van der Waals surface area contributed by atoms with Gasteiger partial charge in [0.15, 0.2) is 0 Å². The molecule has 0 radical (unpaired) electrons. The molecule has 1 atom stereocenters. The first kappa shape index (κ1) is 12.6. The summed E-state index contributed by atoms with van der Waals surface area (Å²) in [6.07, 6.45) is 0.190. The minimum Gasteiger partial charge on any atom is -0.324 e. The lowest BCUT2D eigenvalue weighted by Crippen LogP contribution is -2.14. The van der Waals surface area contributed by atoms with Gasteiger partial charge in [0.05, 0.1) is 0 Å². The molecule has 94 valence electrons. The fraction of sp³-hybridized carbons (Fsp3) is 0.143. The van der Waals surface area contributed by atoms with Gasteiger partial charge in [-0.05, 0) is 35.7 Å². The molecule has 4 heteroatoms. The van der Waals surface area contributed by atoms with Gasteiger partial charge in [0, 0.05) is 12.1 Å². The van der Waals surface area contributed by atoms with Crippen LogP contribution in [0.5, 0.6) is 0 Å². The van der Waals surface area contributed by atoms with E-state index in [-0.39, 0.29) is 12.2 Å². The quantitative estimate of drug-likeness (QED) is 0.889. The molecule has 18 heavy (non-hydrogen) atoms. The van der Waals surface area contributed by atoms with Crippen LogP contribution in [0.4, 0.5) is 13.2 Å². The Kier molecular flexibility index (Phi) is 3.67. The van der Waals surface area contributed by atoms with E-state index in [4.69, 9.17) is 5.73 Å². The number of halogens is 3. The van der Waals surface area contributed by atoms with Crippen molar-refractivity contribution in [3.05, 3.63) is 71.0 Å². The van der Waals surface area contributed by atoms with Crippen molar-refractivity contribution in [2.45, 2.75) is 12.5 Å². The van der Waals surface area contributed by atoms with Crippen LogP contribution in [0, 0.1) is 17.5 Å². The van der Waals surface area contributed by atoms with E-state index in [1.165, 1.54) is 24.3 Å². The van der Waals surface area contributed by atoms with Crippen molar-refractivity contribution in [2.75, 3.05) is 0 Å². The number of hydrogen-bond donors (Lipinski definition) is 1. The first-order valence-corrected chi connectivity index (χ1v) is 5.51. The van der Waals surface area contributed by atoms with E-state index in [0.29, 0.717) is 11.1 Å². The average molecular weight is 251 g/mol. The molecule has 2 aromatic carbocycles. The highest BCUT2D eigenvalue weighted by atomic mass is 19.1. The summed E-state index contributed by atoms with van der Waals surface area (Å²) in [6.45, 7) is 0. The summed E-state index contributed by atoms with van der Waals surface area (Å²) in [5.74, 6) is -1.65. The predicted octanol–water partition coefficient (Wildman–Crippen LogP) is 3.35. The minimum atomic E-state index is -0.637. The van der Waals surface area contributed by atoms with Gasteiger partial charge in [-0.1, -0.05) is 18.2 Å². The van der Waals surface area contributed by atoms with Crippen LogP contribution in [0.1, 0.15) is 17.2 Å². The third-order valence-electron chi connectivity index (χ3n) is 2.73. The van der Waals surface area contributed by atoms with Gasteiger partial charge < -0.3 is 5.73 Å². The lowest BCUT2D eigenvalue weighted by atomic mass is 9.99. The molecule has 0 fully saturated rings. The maximum atomic E-state index is 13.4. The topological polar surface area (TPSA) is 26.0 Å². The van der Waals surface area contributed by atoms with Gasteiger partial charge in [-0.25, -0.2) is 13.2 Å². The molecule has 0 aliphatic carbocycles. The van der Waals surface area contributed by atoms with Crippen molar-refractivity contribution in [3.63, 3.8) is 0 Å². The molecule has 2 aromatic rings. The zero-order valence-electron chi connectivity index (χ0n) is 9.54. The van der Waals surface area contributed by atoms with Crippen molar-refractivity contribution in [2.24, 2.45) is 5.73 Å².